The molecular weight excluding hydrogens is 218 g/mol. The number of aromatic nitrogens is 1. The minimum Gasteiger partial charge on any atom is -0.370 e. The van der Waals surface area contributed by atoms with Crippen LogP contribution in [0.2, 0.25) is 0 Å². The number of pyridine rings is 1. The van der Waals surface area contributed by atoms with Gasteiger partial charge < -0.3 is 5.32 Å². The molecule has 1 unspecified atom stereocenters. The third kappa shape index (κ3) is 2.54. The first-order valence-corrected chi connectivity index (χ1v) is 5.75. The fourth-order valence-electron chi connectivity index (χ4n) is 1.96. The van der Waals surface area contributed by atoms with E-state index in [9.17, 15) is 10.1 Å². The molecule has 5 heteroatoms. The van der Waals surface area contributed by atoms with Gasteiger partial charge in [0, 0.05) is 18.3 Å². The number of nitrogens with zero attached hydrogens (tertiary/aromatic N) is 2. The summed E-state index contributed by atoms with van der Waals surface area (Å²) < 4.78 is 0. The molecule has 0 radical (unpaired) electrons. The van der Waals surface area contributed by atoms with Crippen molar-refractivity contribution in [3.63, 3.8) is 0 Å². The highest BCUT2D eigenvalue weighted by molar-refractivity contribution is 5.49. The number of hydrogen-bond donors (Lipinski definition) is 1. The van der Waals surface area contributed by atoms with E-state index in [0.717, 1.165) is 6.54 Å². The summed E-state index contributed by atoms with van der Waals surface area (Å²) in [5.74, 6) is 1.23. The first-order valence-electron chi connectivity index (χ1n) is 5.75. The predicted octanol–water partition coefficient (Wildman–Crippen LogP) is 2.76. The summed E-state index contributed by atoms with van der Waals surface area (Å²) in [7, 11) is 0. The first-order chi connectivity index (χ1) is 7.90. The van der Waals surface area contributed by atoms with Gasteiger partial charge in [-0.15, -0.1) is 0 Å². The van der Waals surface area contributed by atoms with E-state index in [1.807, 2.05) is 0 Å². The van der Waals surface area contributed by atoms with Crippen molar-refractivity contribution in [3.05, 3.63) is 27.9 Å². The van der Waals surface area contributed by atoms with Crippen LogP contribution in [0.15, 0.2) is 12.3 Å². The minimum absolute atomic E-state index is 0.123. The average Bonchev–Trinajstić information content (AvgIpc) is 2.85. The molecule has 0 aliphatic heterocycles. The van der Waals surface area contributed by atoms with E-state index in [-0.39, 0.29) is 10.6 Å². The van der Waals surface area contributed by atoms with E-state index in [4.69, 9.17) is 0 Å². The maximum atomic E-state index is 10.8. The number of nitrogens with one attached hydrogen (secondary N) is 1. The van der Waals surface area contributed by atoms with Crippen LogP contribution >= 0.6 is 0 Å². The number of nitro groups is 1. The second kappa shape index (κ2) is 3.98. The number of aryl methyl sites for hydroxylation is 1. The molecule has 92 valence electrons. The van der Waals surface area contributed by atoms with Crippen LogP contribution in [0.25, 0.3) is 0 Å². The molecule has 0 aromatic carbocycles. The molecule has 1 saturated carbocycles. The van der Waals surface area contributed by atoms with Gasteiger partial charge in [0.1, 0.15) is 5.82 Å². The van der Waals surface area contributed by atoms with Crippen molar-refractivity contribution >= 4 is 11.5 Å². The third-order valence-corrected chi connectivity index (χ3v) is 3.52. The lowest BCUT2D eigenvalue weighted by atomic mass is 10.1. The Balaban J connectivity index is 2.02. The van der Waals surface area contributed by atoms with Crippen LogP contribution < -0.4 is 5.32 Å². The zero-order valence-corrected chi connectivity index (χ0v) is 10.4. The lowest BCUT2D eigenvalue weighted by Gasteiger charge is -2.07. The lowest BCUT2D eigenvalue weighted by Crippen LogP contribution is -2.08. The highest BCUT2D eigenvalue weighted by atomic mass is 16.6. The van der Waals surface area contributed by atoms with Crippen LogP contribution in [0.4, 0.5) is 11.5 Å². The van der Waals surface area contributed by atoms with E-state index < -0.39 is 0 Å². The average molecular weight is 235 g/mol. The van der Waals surface area contributed by atoms with Crippen LogP contribution in [0.1, 0.15) is 25.8 Å². The topological polar surface area (TPSA) is 68.1 Å². The van der Waals surface area contributed by atoms with Gasteiger partial charge in [0.05, 0.1) is 11.0 Å². The molecule has 17 heavy (non-hydrogen) atoms. The normalized spacial score (nSPS) is 21.0. The Morgan fingerprint density at radius 2 is 2.29 bits per heavy atom. The van der Waals surface area contributed by atoms with Crippen molar-refractivity contribution in [2.45, 2.75) is 27.2 Å². The molecule has 0 saturated heterocycles. The van der Waals surface area contributed by atoms with Crippen molar-refractivity contribution < 1.29 is 4.92 Å². The summed E-state index contributed by atoms with van der Waals surface area (Å²) in [6.45, 7) is 6.98. The van der Waals surface area contributed by atoms with Gasteiger partial charge in [-0.1, -0.05) is 13.8 Å². The zero-order chi connectivity index (χ0) is 12.6. The van der Waals surface area contributed by atoms with Crippen LogP contribution in [-0.2, 0) is 0 Å². The Bertz CT molecular complexity index is 457. The van der Waals surface area contributed by atoms with Crippen molar-refractivity contribution in [1.82, 2.24) is 4.98 Å². The van der Waals surface area contributed by atoms with Crippen molar-refractivity contribution in [2.75, 3.05) is 11.9 Å². The molecule has 1 atom stereocenters. The molecule has 0 bridgehead atoms. The third-order valence-electron chi connectivity index (χ3n) is 3.52. The van der Waals surface area contributed by atoms with Gasteiger partial charge in [-0.3, -0.25) is 10.1 Å². The molecule has 1 fully saturated rings. The van der Waals surface area contributed by atoms with Crippen LogP contribution in [0, 0.1) is 28.4 Å². The summed E-state index contributed by atoms with van der Waals surface area (Å²) in [5.41, 5.74) is 1.12. The van der Waals surface area contributed by atoms with E-state index in [2.05, 4.69) is 24.1 Å². The molecule has 1 aliphatic rings. The Labute approximate surface area is 100 Å². The molecular formula is C12H17N3O2. The second-order valence-electron chi connectivity index (χ2n) is 5.38. The molecule has 1 N–H and O–H groups in total. The van der Waals surface area contributed by atoms with Gasteiger partial charge >= 0.3 is 0 Å². The summed E-state index contributed by atoms with van der Waals surface area (Å²) in [4.78, 5) is 14.6. The Morgan fingerprint density at radius 3 is 2.82 bits per heavy atom. The summed E-state index contributed by atoms with van der Waals surface area (Å²) in [5, 5.41) is 13.9. The molecule has 1 aliphatic carbocycles. The number of hydrogen-bond acceptors (Lipinski definition) is 4. The van der Waals surface area contributed by atoms with Crippen molar-refractivity contribution in [3.8, 4) is 0 Å². The van der Waals surface area contributed by atoms with Crippen LogP contribution in [0.5, 0.6) is 0 Å². The molecule has 1 heterocycles. The SMILES string of the molecule is Cc1cnc(NCC2CC2(C)C)cc1[N+](=O)[O-]. The minimum atomic E-state index is -0.372. The maximum Gasteiger partial charge on any atom is 0.277 e. The van der Waals surface area contributed by atoms with E-state index in [1.165, 1.54) is 12.5 Å². The molecule has 1 aromatic heterocycles. The summed E-state index contributed by atoms with van der Waals surface area (Å²) in [6, 6.07) is 1.50. The standard InChI is InChI=1S/C12H17N3O2/c1-8-6-13-11(4-10(8)15(16)17)14-7-9-5-12(9,2)3/h4,6,9H,5,7H2,1-3H3,(H,13,14). The Hall–Kier alpha value is -1.65. The van der Waals surface area contributed by atoms with Gasteiger partial charge in [-0.25, -0.2) is 4.98 Å². The lowest BCUT2D eigenvalue weighted by molar-refractivity contribution is -0.385. The summed E-state index contributed by atoms with van der Waals surface area (Å²) >= 11 is 0. The largest absolute Gasteiger partial charge is 0.370 e. The Morgan fingerprint density at radius 1 is 1.65 bits per heavy atom. The molecule has 0 spiro atoms. The first kappa shape index (κ1) is 11.8. The molecule has 0 amide bonds. The fourth-order valence-corrected chi connectivity index (χ4v) is 1.96. The fraction of sp³-hybridized carbons (Fsp3) is 0.583. The van der Waals surface area contributed by atoms with Gasteiger partial charge in [0.25, 0.3) is 5.69 Å². The Kier molecular flexibility index (Phi) is 2.77. The van der Waals surface area contributed by atoms with E-state index in [1.54, 1.807) is 13.1 Å². The monoisotopic (exact) mass is 235 g/mol. The molecule has 5 nitrogen and oxygen atoms in total. The highest BCUT2D eigenvalue weighted by Gasteiger charge is 2.45. The van der Waals surface area contributed by atoms with E-state index in [0.29, 0.717) is 22.7 Å². The van der Waals surface area contributed by atoms with Gasteiger partial charge in [0.15, 0.2) is 0 Å². The predicted molar refractivity (Wildman–Crippen MR) is 66.0 cm³/mol. The van der Waals surface area contributed by atoms with Crippen LogP contribution in [0.3, 0.4) is 0 Å². The van der Waals surface area contributed by atoms with Crippen LogP contribution in [-0.4, -0.2) is 16.5 Å². The summed E-state index contributed by atoms with van der Waals surface area (Å²) in [6.07, 6.45) is 2.74. The maximum absolute atomic E-state index is 10.8. The smallest absolute Gasteiger partial charge is 0.277 e. The molecule has 2 rings (SSSR count). The quantitative estimate of drug-likeness (QED) is 0.643. The van der Waals surface area contributed by atoms with Crippen molar-refractivity contribution in [2.24, 2.45) is 11.3 Å². The number of rotatable bonds is 4. The second-order valence-corrected chi connectivity index (χ2v) is 5.38. The van der Waals surface area contributed by atoms with Gasteiger partial charge in [-0.2, -0.15) is 0 Å². The van der Waals surface area contributed by atoms with E-state index >= 15 is 0 Å². The highest BCUT2D eigenvalue weighted by Crippen LogP contribution is 2.51. The van der Waals surface area contributed by atoms with Gasteiger partial charge in [0.2, 0.25) is 0 Å². The van der Waals surface area contributed by atoms with Gasteiger partial charge in [-0.05, 0) is 24.7 Å². The molecule has 1 aromatic rings. The number of anilines is 1. The zero-order valence-electron chi connectivity index (χ0n) is 10.4. The van der Waals surface area contributed by atoms with Crippen molar-refractivity contribution in [1.29, 1.82) is 0 Å².